The molecule has 0 atom stereocenters. The van der Waals surface area contributed by atoms with E-state index in [9.17, 15) is 0 Å². The Bertz CT molecular complexity index is 357. The van der Waals surface area contributed by atoms with Crippen molar-refractivity contribution in [2.24, 2.45) is 11.8 Å². The number of pyridine rings is 1. The molecule has 1 aliphatic carbocycles. The van der Waals surface area contributed by atoms with Crippen molar-refractivity contribution in [3.8, 4) is 0 Å². The average Bonchev–Trinajstić information content (AvgIpc) is 2.29. The second kappa shape index (κ2) is 5.72. The molecular weight excluding hydrogens is 232 g/mol. The van der Waals surface area contributed by atoms with Crippen LogP contribution in [0.3, 0.4) is 0 Å². The summed E-state index contributed by atoms with van der Waals surface area (Å²) in [7, 11) is 0. The standard InChI is InChI=1S/C14H21ClN2/c1-10(2)11-6-8-12(9-7-11)16-14-5-3-4-13(15)17-14/h3-5,10-12H,6-9H2,1-2H3,(H,16,17). The number of rotatable bonds is 3. The topological polar surface area (TPSA) is 24.9 Å². The Hall–Kier alpha value is -0.760. The van der Waals surface area contributed by atoms with Crippen molar-refractivity contribution in [3.05, 3.63) is 23.4 Å². The molecule has 94 valence electrons. The van der Waals surface area contributed by atoms with Gasteiger partial charge in [-0.15, -0.1) is 0 Å². The normalized spacial score (nSPS) is 24.9. The van der Waals surface area contributed by atoms with Gasteiger partial charge in [-0.1, -0.05) is 31.5 Å². The van der Waals surface area contributed by atoms with E-state index in [1.807, 2.05) is 18.2 Å². The summed E-state index contributed by atoms with van der Waals surface area (Å²) in [5.74, 6) is 2.63. The predicted octanol–water partition coefficient (Wildman–Crippen LogP) is 4.36. The highest BCUT2D eigenvalue weighted by Gasteiger charge is 2.23. The van der Waals surface area contributed by atoms with Crippen molar-refractivity contribution < 1.29 is 0 Å². The van der Waals surface area contributed by atoms with Crippen molar-refractivity contribution in [2.45, 2.75) is 45.6 Å². The SMILES string of the molecule is CC(C)C1CCC(Nc2cccc(Cl)n2)CC1. The van der Waals surface area contributed by atoms with Gasteiger partial charge in [0.2, 0.25) is 0 Å². The molecule has 1 aromatic heterocycles. The van der Waals surface area contributed by atoms with Gasteiger partial charge in [0.15, 0.2) is 0 Å². The summed E-state index contributed by atoms with van der Waals surface area (Å²) >= 11 is 5.88. The summed E-state index contributed by atoms with van der Waals surface area (Å²) in [6, 6.07) is 6.30. The van der Waals surface area contributed by atoms with E-state index in [2.05, 4.69) is 24.1 Å². The first-order chi connectivity index (χ1) is 8.15. The van der Waals surface area contributed by atoms with Gasteiger partial charge in [0.1, 0.15) is 11.0 Å². The maximum atomic E-state index is 5.88. The fourth-order valence-electron chi connectivity index (χ4n) is 2.63. The van der Waals surface area contributed by atoms with Crippen LogP contribution in [0, 0.1) is 11.8 Å². The predicted molar refractivity (Wildman–Crippen MR) is 73.5 cm³/mol. The highest BCUT2D eigenvalue weighted by atomic mass is 35.5. The molecular formula is C14H21ClN2. The van der Waals surface area contributed by atoms with Crippen LogP contribution in [0.2, 0.25) is 5.15 Å². The lowest BCUT2D eigenvalue weighted by Gasteiger charge is -2.31. The monoisotopic (exact) mass is 252 g/mol. The zero-order valence-electron chi connectivity index (χ0n) is 10.6. The summed E-state index contributed by atoms with van der Waals surface area (Å²) in [5, 5.41) is 4.05. The van der Waals surface area contributed by atoms with Gasteiger partial charge in [0, 0.05) is 6.04 Å². The Morgan fingerprint density at radius 2 is 1.94 bits per heavy atom. The second-order valence-electron chi connectivity index (χ2n) is 5.35. The van der Waals surface area contributed by atoms with E-state index in [1.165, 1.54) is 25.7 Å². The molecule has 1 heterocycles. The highest BCUT2D eigenvalue weighted by molar-refractivity contribution is 6.29. The largest absolute Gasteiger partial charge is 0.367 e. The number of halogens is 1. The Morgan fingerprint density at radius 3 is 2.53 bits per heavy atom. The fourth-order valence-corrected chi connectivity index (χ4v) is 2.79. The number of nitrogens with one attached hydrogen (secondary N) is 1. The number of aromatic nitrogens is 1. The van der Waals surface area contributed by atoms with Crippen molar-refractivity contribution >= 4 is 17.4 Å². The van der Waals surface area contributed by atoms with Crippen molar-refractivity contribution in [3.63, 3.8) is 0 Å². The Balaban J connectivity index is 1.86. The second-order valence-corrected chi connectivity index (χ2v) is 5.73. The molecule has 0 amide bonds. The third-order valence-corrected chi connectivity index (χ3v) is 3.99. The van der Waals surface area contributed by atoms with Gasteiger partial charge >= 0.3 is 0 Å². The molecule has 3 heteroatoms. The van der Waals surface area contributed by atoms with Crippen LogP contribution in [0.4, 0.5) is 5.82 Å². The maximum Gasteiger partial charge on any atom is 0.131 e. The summed E-state index contributed by atoms with van der Waals surface area (Å²) in [5.41, 5.74) is 0. The van der Waals surface area contributed by atoms with Crippen LogP contribution in [-0.4, -0.2) is 11.0 Å². The van der Waals surface area contributed by atoms with Gasteiger partial charge in [-0.2, -0.15) is 0 Å². The zero-order valence-corrected chi connectivity index (χ0v) is 11.4. The van der Waals surface area contributed by atoms with E-state index in [0.717, 1.165) is 17.7 Å². The van der Waals surface area contributed by atoms with Gasteiger partial charge < -0.3 is 5.32 Å². The van der Waals surface area contributed by atoms with E-state index in [4.69, 9.17) is 11.6 Å². The highest BCUT2D eigenvalue weighted by Crippen LogP contribution is 2.31. The van der Waals surface area contributed by atoms with Crippen LogP contribution in [0.25, 0.3) is 0 Å². The van der Waals surface area contributed by atoms with Gasteiger partial charge in [0.05, 0.1) is 0 Å². The van der Waals surface area contributed by atoms with Crippen LogP contribution in [0.1, 0.15) is 39.5 Å². The number of hydrogen-bond donors (Lipinski definition) is 1. The molecule has 1 fully saturated rings. The summed E-state index contributed by atoms with van der Waals surface area (Å²) in [6.45, 7) is 4.66. The lowest BCUT2D eigenvalue weighted by molar-refractivity contribution is 0.266. The molecule has 0 unspecified atom stereocenters. The van der Waals surface area contributed by atoms with E-state index in [0.29, 0.717) is 11.2 Å². The number of anilines is 1. The molecule has 0 radical (unpaired) electrons. The molecule has 2 nitrogen and oxygen atoms in total. The third kappa shape index (κ3) is 3.60. The van der Waals surface area contributed by atoms with Crippen LogP contribution < -0.4 is 5.32 Å². The molecule has 1 N–H and O–H groups in total. The lowest BCUT2D eigenvalue weighted by Crippen LogP contribution is -2.28. The van der Waals surface area contributed by atoms with E-state index >= 15 is 0 Å². The fraction of sp³-hybridized carbons (Fsp3) is 0.643. The zero-order chi connectivity index (χ0) is 12.3. The van der Waals surface area contributed by atoms with Gasteiger partial charge in [0.25, 0.3) is 0 Å². The van der Waals surface area contributed by atoms with Crippen LogP contribution in [0.15, 0.2) is 18.2 Å². The quantitative estimate of drug-likeness (QED) is 0.809. The van der Waals surface area contributed by atoms with Gasteiger partial charge in [-0.05, 0) is 49.7 Å². The van der Waals surface area contributed by atoms with Crippen LogP contribution in [0.5, 0.6) is 0 Å². The average molecular weight is 253 g/mol. The summed E-state index contributed by atoms with van der Waals surface area (Å²) in [6.07, 6.45) is 5.15. The van der Waals surface area contributed by atoms with Crippen molar-refractivity contribution in [1.29, 1.82) is 0 Å². The third-order valence-electron chi connectivity index (χ3n) is 3.78. The van der Waals surface area contributed by atoms with Crippen molar-refractivity contribution in [1.82, 2.24) is 4.98 Å². The van der Waals surface area contributed by atoms with Crippen LogP contribution in [-0.2, 0) is 0 Å². The van der Waals surface area contributed by atoms with Gasteiger partial charge in [-0.3, -0.25) is 0 Å². The van der Waals surface area contributed by atoms with Crippen molar-refractivity contribution in [2.75, 3.05) is 5.32 Å². The summed E-state index contributed by atoms with van der Waals surface area (Å²) in [4.78, 5) is 4.28. The molecule has 0 spiro atoms. The van der Waals surface area contributed by atoms with Crippen LogP contribution >= 0.6 is 11.6 Å². The smallest absolute Gasteiger partial charge is 0.131 e. The van der Waals surface area contributed by atoms with E-state index < -0.39 is 0 Å². The van der Waals surface area contributed by atoms with E-state index in [1.54, 1.807) is 0 Å². The Morgan fingerprint density at radius 1 is 1.24 bits per heavy atom. The molecule has 1 saturated carbocycles. The number of nitrogens with zero attached hydrogens (tertiary/aromatic N) is 1. The lowest BCUT2D eigenvalue weighted by atomic mass is 9.80. The minimum absolute atomic E-state index is 0.561. The molecule has 0 saturated heterocycles. The minimum Gasteiger partial charge on any atom is -0.367 e. The molecule has 0 bridgehead atoms. The molecule has 1 aliphatic rings. The molecule has 0 aliphatic heterocycles. The van der Waals surface area contributed by atoms with Gasteiger partial charge in [-0.25, -0.2) is 4.98 Å². The Kier molecular flexibility index (Phi) is 4.27. The van der Waals surface area contributed by atoms with E-state index in [-0.39, 0.29) is 0 Å². The first kappa shape index (κ1) is 12.7. The Labute approximate surface area is 109 Å². The summed E-state index contributed by atoms with van der Waals surface area (Å²) < 4.78 is 0. The maximum absolute atomic E-state index is 5.88. The first-order valence-electron chi connectivity index (χ1n) is 6.54. The minimum atomic E-state index is 0.561. The molecule has 1 aromatic rings. The molecule has 2 rings (SSSR count). The molecule has 0 aromatic carbocycles. The first-order valence-corrected chi connectivity index (χ1v) is 6.92. The number of hydrogen-bond acceptors (Lipinski definition) is 2. The molecule has 17 heavy (non-hydrogen) atoms.